The summed E-state index contributed by atoms with van der Waals surface area (Å²) in [5.41, 5.74) is 0.952. The highest BCUT2D eigenvalue weighted by atomic mass is 16.5. The van der Waals surface area contributed by atoms with Gasteiger partial charge in [0.15, 0.2) is 0 Å². The zero-order valence-electron chi connectivity index (χ0n) is 14.7. The second-order valence-electron chi connectivity index (χ2n) is 6.12. The number of carbonyl (C=O) groups is 3. The fraction of sp³-hybridized carbons (Fsp3) is 0.500. The van der Waals surface area contributed by atoms with Crippen LogP contribution in [-0.4, -0.2) is 73.5 Å². The number of carbonyl (C=O) groups excluding carboxylic acids is 3. The lowest BCUT2D eigenvalue weighted by molar-refractivity contribution is -0.145. The molecule has 0 radical (unpaired) electrons. The van der Waals surface area contributed by atoms with Crippen molar-refractivity contribution >= 4 is 17.8 Å². The third-order valence-corrected chi connectivity index (χ3v) is 4.29. The first-order valence-corrected chi connectivity index (χ1v) is 8.38. The third-order valence-electron chi connectivity index (χ3n) is 4.29. The lowest BCUT2D eigenvalue weighted by Gasteiger charge is -2.33. The van der Waals surface area contributed by atoms with Crippen LogP contribution in [0.1, 0.15) is 12.5 Å². The molecular formula is C18H25N3O4. The van der Waals surface area contributed by atoms with E-state index in [1.807, 2.05) is 35.2 Å². The highest BCUT2D eigenvalue weighted by Gasteiger charge is 2.24. The van der Waals surface area contributed by atoms with Crippen LogP contribution in [0, 0.1) is 0 Å². The molecule has 1 aromatic rings. The maximum absolute atomic E-state index is 12.3. The van der Waals surface area contributed by atoms with Crippen molar-refractivity contribution in [1.82, 2.24) is 15.1 Å². The molecule has 7 heteroatoms. The molecule has 0 aliphatic carbocycles. The van der Waals surface area contributed by atoms with Crippen LogP contribution >= 0.6 is 0 Å². The van der Waals surface area contributed by atoms with E-state index in [-0.39, 0.29) is 18.4 Å². The lowest BCUT2D eigenvalue weighted by Crippen LogP contribution is -2.52. The van der Waals surface area contributed by atoms with E-state index in [1.54, 1.807) is 11.8 Å². The summed E-state index contributed by atoms with van der Waals surface area (Å²) < 4.78 is 4.80. The molecule has 0 bridgehead atoms. The number of rotatable bonds is 6. The molecule has 1 aromatic carbocycles. The van der Waals surface area contributed by atoms with Crippen LogP contribution in [-0.2, 0) is 25.5 Å². The summed E-state index contributed by atoms with van der Waals surface area (Å²) in [6, 6.07) is 8.78. The van der Waals surface area contributed by atoms with E-state index in [2.05, 4.69) is 5.32 Å². The highest BCUT2D eigenvalue weighted by Crippen LogP contribution is 2.06. The van der Waals surface area contributed by atoms with E-state index in [4.69, 9.17) is 4.74 Å². The van der Waals surface area contributed by atoms with Crippen molar-refractivity contribution in [3.05, 3.63) is 35.9 Å². The van der Waals surface area contributed by atoms with Crippen LogP contribution in [0.4, 0.5) is 0 Å². The Morgan fingerprint density at radius 2 is 1.76 bits per heavy atom. The van der Waals surface area contributed by atoms with Gasteiger partial charge in [0.2, 0.25) is 11.8 Å². The average Bonchev–Trinajstić information content (AvgIpc) is 2.61. The Labute approximate surface area is 147 Å². The van der Waals surface area contributed by atoms with Crippen LogP contribution in [0.25, 0.3) is 0 Å². The fourth-order valence-electron chi connectivity index (χ4n) is 2.85. The van der Waals surface area contributed by atoms with Gasteiger partial charge in [0.25, 0.3) is 0 Å². The summed E-state index contributed by atoms with van der Waals surface area (Å²) in [6.45, 7) is 4.28. The van der Waals surface area contributed by atoms with Crippen molar-refractivity contribution in [2.75, 3.05) is 39.8 Å². The van der Waals surface area contributed by atoms with Crippen molar-refractivity contribution in [3.63, 3.8) is 0 Å². The number of piperazine rings is 1. The fourth-order valence-corrected chi connectivity index (χ4v) is 2.85. The molecule has 0 unspecified atom stereocenters. The van der Waals surface area contributed by atoms with Crippen molar-refractivity contribution in [2.24, 2.45) is 0 Å². The molecule has 136 valence electrons. The molecule has 0 saturated carbocycles. The summed E-state index contributed by atoms with van der Waals surface area (Å²) in [5, 5.41) is 2.76. The standard InChI is InChI=1S/C18H25N3O4/c1-14(22)21-10-8-20(9-11-21)13-17(23)19-16(18(24)25-2)12-15-6-4-3-5-7-15/h3-7,16H,8-13H2,1-2H3,(H,19,23)/t16-/m1/s1. The second kappa shape index (κ2) is 9.17. The first-order chi connectivity index (χ1) is 12.0. The Morgan fingerprint density at radius 1 is 1.12 bits per heavy atom. The summed E-state index contributed by atoms with van der Waals surface area (Å²) in [4.78, 5) is 39.3. The Hall–Kier alpha value is -2.41. The van der Waals surface area contributed by atoms with Gasteiger partial charge in [0, 0.05) is 39.5 Å². The smallest absolute Gasteiger partial charge is 0.328 e. The van der Waals surface area contributed by atoms with Crippen LogP contribution in [0.15, 0.2) is 30.3 Å². The molecule has 1 aliphatic heterocycles. The minimum Gasteiger partial charge on any atom is -0.467 e. The molecule has 25 heavy (non-hydrogen) atoms. The van der Waals surface area contributed by atoms with Crippen LogP contribution in [0.3, 0.4) is 0 Å². The van der Waals surface area contributed by atoms with Gasteiger partial charge < -0.3 is 15.0 Å². The number of amides is 2. The molecule has 2 amide bonds. The largest absolute Gasteiger partial charge is 0.467 e. The lowest BCUT2D eigenvalue weighted by atomic mass is 10.1. The zero-order valence-corrected chi connectivity index (χ0v) is 14.7. The first-order valence-electron chi connectivity index (χ1n) is 8.38. The van der Waals surface area contributed by atoms with Gasteiger partial charge in [0.05, 0.1) is 13.7 Å². The van der Waals surface area contributed by atoms with Crippen LogP contribution in [0.5, 0.6) is 0 Å². The summed E-state index contributed by atoms with van der Waals surface area (Å²) in [5.74, 6) is -0.626. The number of esters is 1. The normalized spacial score (nSPS) is 16.2. The molecule has 2 rings (SSSR count). The third kappa shape index (κ3) is 5.86. The monoisotopic (exact) mass is 347 g/mol. The van der Waals surface area contributed by atoms with Gasteiger partial charge in [0.1, 0.15) is 6.04 Å². The summed E-state index contributed by atoms with van der Waals surface area (Å²) in [6.07, 6.45) is 0.386. The average molecular weight is 347 g/mol. The molecule has 0 aromatic heterocycles. The van der Waals surface area contributed by atoms with Gasteiger partial charge in [-0.05, 0) is 5.56 Å². The molecule has 1 N–H and O–H groups in total. The Kier molecular flexibility index (Phi) is 6.94. The number of nitrogens with zero attached hydrogens (tertiary/aromatic N) is 2. The molecule has 1 atom stereocenters. The van der Waals surface area contributed by atoms with Gasteiger partial charge in [-0.3, -0.25) is 14.5 Å². The molecule has 1 aliphatic rings. The van der Waals surface area contributed by atoms with Crippen LogP contribution < -0.4 is 5.32 Å². The second-order valence-corrected chi connectivity index (χ2v) is 6.12. The van der Waals surface area contributed by atoms with Gasteiger partial charge >= 0.3 is 5.97 Å². The van der Waals surface area contributed by atoms with Crippen molar-refractivity contribution in [2.45, 2.75) is 19.4 Å². The maximum atomic E-state index is 12.3. The quantitative estimate of drug-likeness (QED) is 0.736. The number of nitrogens with one attached hydrogen (secondary N) is 1. The van der Waals surface area contributed by atoms with E-state index in [9.17, 15) is 14.4 Å². The molecule has 7 nitrogen and oxygen atoms in total. The van der Waals surface area contributed by atoms with Gasteiger partial charge in [-0.25, -0.2) is 4.79 Å². The van der Waals surface area contributed by atoms with E-state index in [0.29, 0.717) is 32.6 Å². The zero-order chi connectivity index (χ0) is 18.2. The highest BCUT2D eigenvalue weighted by molar-refractivity contribution is 5.85. The van der Waals surface area contributed by atoms with Crippen LogP contribution in [0.2, 0.25) is 0 Å². The number of hydrogen-bond donors (Lipinski definition) is 1. The number of methoxy groups -OCH3 is 1. The number of benzene rings is 1. The van der Waals surface area contributed by atoms with Crippen molar-refractivity contribution in [1.29, 1.82) is 0 Å². The topological polar surface area (TPSA) is 79.0 Å². The Bertz CT molecular complexity index is 598. The number of hydrogen-bond acceptors (Lipinski definition) is 5. The molecule has 1 fully saturated rings. The van der Waals surface area contributed by atoms with Gasteiger partial charge in [-0.1, -0.05) is 30.3 Å². The van der Waals surface area contributed by atoms with E-state index < -0.39 is 12.0 Å². The predicted molar refractivity (Wildman–Crippen MR) is 92.8 cm³/mol. The summed E-state index contributed by atoms with van der Waals surface area (Å²) >= 11 is 0. The van der Waals surface area contributed by atoms with E-state index >= 15 is 0 Å². The first kappa shape index (κ1) is 18.9. The van der Waals surface area contributed by atoms with Crippen molar-refractivity contribution < 1.29 is 19.1 Å². The Balaban J connectivity index is 1.87. The number of ether oxygens (including phenoxy) is 1. The summed E-state index contributed by atoms with van der Waals surface area (Å²) in [7, 11) is 1.31. The van der Waals surface area contributed by atoms with Crippen molar-refractivity contribution in [3.8, 4) is 0 Å². The SMILES string of the molecule is COC(=O)[C@@H](Cc1ccccc1)NC(=O)CN1CCN(C(C)=O)CC1. The maximum Gasteiger partial charge on any atom is 0.328 e. The molecule has 0 spiro atoms. The minimum absolute atomic E-state index is 0.0534. The molecule has 1 heterocycles. The molecule has 1 saturated heterocycles. The van der Waals surface area contributed by atoms with E-state index in [1.165, 1.54) is 7.11 Å². The van der Waals surface area contributed by atoms with Gasteiger partial charge in [-0.2, -0.15) is 0 Å². The minimum atomic E-state index is -0.710. The molecular weight excluding hydrogens is 322 g/mol. The van der Waals surface area contributed by atoms with E-state index in [0.717, 1.165) is 5.56 Å². The van der Waals surface area contributed by atoms with Gasteiger partial charge in [-0.15, -0.1) is 0 Å². The predicted octanol–water partition coefficient (Wildman–Crippen LogP) is 0.0510. The Morgan fingerprint density at radius 3 is 2.32 bits per heavy atom.